The summed E-state index contributed by atoms with van der Waals surface area (Å²) >= 11 is 0. The summed E-state index contributed by atoms with van der Waals surface area (Å²) in [5.41, 5.74) is 5.68. The van der Waals surface area contributed by atoms with Crippen molar-refractivity contribution in [1.82, 2.24) is 19.7 Å². The SMILES string of the molecule is CN(C)Cc1nnc2n1CCC(CN)C2. The van der Waals surface area contributed by atoms with Gasteiger partial charge in [-0.3, -0.25) is 0 Å². The van der Waals surface area contributed by atoms with E-state index in [9.17, 15) is 0 Å². The standard InChI is InChI=1S/C10H19N5/c1-14(2)7-10-13-12-9-5-8(6-11)3-4-15(9)10/h8H,3-7,11H2,1-2H3. The van der Waals surface area contributed by atoms with E-state index in [0.29, 0.717) is 5.92 Å². The first-order valence-electron chi connectivity index (χ1n) is 5.46. The Morgan fingerprint density at radius 2 is 2.27 bits per heavy atom. The molecule has 15 heavy (non-hydrogen) atoms. The average molecular weight is 209 g/mol. The van der Waals surface area contributed by atoms with Crippen LogP contribution in [0.25, 0.3) is 0 Å². The van der Waals surface area contributed by atoms with Gasteiger partial charge < -0.3 is 15.2 Å². The van der Waals surface area contributed by atoms with Crippen LogP contribution in [0.4, 0.5) is 0 Å². The molecule has 0 aromatic carbocycles. The van der Waals surface area contributed by atoms with Gasteiger partial charge in [0.1, 0.15) is 11.6 Å². The highest BCUT2D eigenvalue weighted by molar-refractivity contribution is 5.00. The largest absolute Gasteiger partial charge is 0.330 e. The average Bonchev–Trinajstić information content (AvgIpc) is 2.60. The second kappa shape index (κ2) is 4.28. The fourth-order valence-electron chi connectivity index (χ4n) is 2.05. The molecule has 1 aromatic rings. The lowest BCUT2D eigenvalue weighted by Gasteiger charge is -2.22. The predicted molar refractivity (Wildman–Crippen MR) is 58.3 cm³/mol. The summed E-state index contributed by atoms with van der Waals surface area (Å²) in [5, 5.41) is 8.48. The lowest BCUT2D eigenvalue weighted by Crippen LogP contribution is -2.27. The molecule has 5 nitrogen and oxygen atoms in total. The van der Waals surface area contributed by atoms with Crippen molar-refractivity contribution in [3.05, 3.63) is 11.6 Å². The van der Waals surface area contributed by atoms with Gasteiger partial charge in [-0.25, -0.2) is 0 Å². The van der Waals surface area contributed by atoms with E-state index in [1.54, 1.807) is 0 Å². The Bertz CT molecular complexity index is 331. The van der Waals surface area contributed by atoms with E-state index >= 15 is 0 Å². The van der Waals surface area contributed by atoms with Crippen molar-refractivity contribution >= 4 is 0 Å². The summed E-state index contributed by atoms with van der Waals surface area (Å²) in [7, 11) is 4.10. The van der Waals surface area contributed by atoms with E-state index in [1.807, 2.05) is 14.1 Å². The predicted octanol–water partition coefficient (Wildman–Crippen LogP) is -0.139. The molecule has 1 aliphatic rings. The molecule has 0 saturated carbocycles. The third kappa shape index (κ3) is 2.18. The summed E-state index contributed by atoms with van der Waals surface area (Å²) in [6, 6.07) is 0. The maximum atomic E-state index is 5.68. The second-order valence-electron chi connectivity index (χ2n) is 4.52. The van der Waals surface area contributed by atoms with Crippen molar-refractivity contribution in [2.75, 3.05) is 20.6 Å². The molecule has 5 heteroatoms. The van der Waals surface area contributed by atoms with E-state index in [0.717, 1.165) is 44.1 Å². The van der Waals surface area contributed by atoms with Crippen LogP contribution in [0.5, 0.6) is 0 Å². The van der Waals surface area contributed by atoms with Crippen molar-refractivity contribution in [2.24, 2.45) is 11.7 Å². The van der Waals surface area contributed by atoms with Crippen LogP contribution in [0.15, 0.2) is 0 Å². The van der Waals surface area contributed by atoms with Gasteiger partial charge >= 0.3 is 0 Å². The quantitative estimate of drug-likeness (QED) is 0.753. The first-order valence-corrected chi connectivity index (χ1v) is 5.46. The number of hydrogen-bond donors (Lipinski definition) is 1. The zero-order valence-corrected chi connectivity index (χ0v) is 9.48. The monoisotopic (exact) mass is 209 g/mol. The van der Waals surface area contributed by atoms with Crippen LogP contribution < -0.4 is 5.73 Å². The minimum Gasteiger partial charge on any atom is -0.330 e. The molecule has 0 fully saturated rings. The molecule has 2 N–H and O–H groups in total. The molecule has 2 heterocycles. The molecule has 0 saturated heterocycles. The van der Waals surface area contributed by atoms with Crippen LogP contribution in [-0.2, 0) is 19.5 Å². The van der Waals surface area contributed by atoms with Gasteiger partial charge in [-0.1, -0.05) is 0 Å². The third-order valence-electron chi connectivity index (χ3n) is 2.93. The molecule has 0 amide bonds. The number of hydrogen-bond acceptors (Lipinski definition) is 4. The number of rotatable bonds is 3. The van der Waals surface area contributed by atoms with Crippen molar-refractivity contribution in [3.8, 4) is 0 Å². The molecule has 1 aliphatic heterocycles. The number of nitrogens with zero attached hydrogens (tertiary/aromatic N) is 4. The van der Waals surface area contributed by atoms with Gasteiger partial charge in [0.05, 0.1) is 6.54 Å². The van der Waals surface area contributed by atoms with E-state index in [1.165, 1.54) is 0 Å². The summed E-state index contributed by atoms with van der Waals surface area (Å²) in [5.74, 6) is 2.77. The van der Waals surface area contributed by atoms with Crippen molar-refractivity contribution in [3.63, 3.8) is 0 Å². The Hall–Kier alpha value is -0.940. The van der Waals surface area contributed by atoms with E-state index < -0.39 is 0 Å². The third-order valence-corrected chi connectivity index (χ3v) is 2.93. The Morgan fingerprint density at radius 1 is 1.47 bits per heavy atom. The highest BCUT2D eigenvalue weighted by Crippen LogP contribution is 2.19. The van der Waals surface area contributed by atoms with Gasteiger partial charge in [0, 0.05) is 13.0 Å². The molecular formula is C10H19N5. The Labute approximate surface area is 90.3 Å². The van der Waals surface area contributed by atoms with Crippen LogP contribution in [0.3, 0.4) is 0 Å². The van der Waals surface area contributed by atoms with Gasteiger partial charge in [-0.05, 0) is 33.0 Å². The summed E-state index contributed by atoms with van der Waals surface area (Å²) < 4.78 is 2.24. The van der Waals surface area contributed by atoms with Gasteiger partial charge in [0.2, 0.25) is 0 Å². The van der Waals surface area contributed by atoms with Crippen LogP contribution in [0.1, 0.15) is 18.1 Å². The van der Waals surface area contributed by atoms with Crippen LogP contribution in [-0.4, -0.2) is 40.3 Å². The van der Waals surface area contributed by atoms with Gasteiger partial charge in [0.15, 0.2) is 0 Å². The maximum absolute atomic E-state index is 5.68. The molecule has 1 unspecified atom stereocenters. The van der Waals surface area contributed by atoms with Crippen LogP contribution in [0.2, 0.25) is 0 Å². The van der Waals surface area contributed by atoms with E-state index in [-0.39, 0.29) is 0 Å². The Morgan fingerprint density at radius 3 is 2.93 bits per heavy atom. The summed E-state index contributed by atoms with van der Waals surface area (Å²) in [6.07, 6.45) is 2.14. The smallest absolute Gasteiger partial charge is 0.147 e. The van der Waals surface area contributed by atoms with Gasteiger partial charge in [0.25, 0.3) is 0 Å². The van der Waals surface area contributed by atoms with Crippen LogP contribution >= 0.6 is 0 Å². The van der Waals surface area contributed by atoms with Crippen LogP contribution in [0, 0.1) is 5.92 Å². The highest BCUT2D eigenvalue weighted by atomic mass is 15.3. The number of nitrogens with two attached hydrogens (primary N) is 1. The normalized spacial score (nSPS) is 20.7. The molecule has 1 aromatic heterocycles. The molecule has 0 aliphatic carbocycles. The molecule has 0 bridgehead atoms. The zero-order valence-electron chi connectivity index (χ0n) is 9.48. The summed E-state index contributed by atoms with van der Waals surface area (Å²) in [4.78, 5) is 2.12. The lowest BCUT2D eigenvalue weighted by molar-refractivity contribution is 0.350. The Balaban J connectivity index is 2.15. The molecular weight excluding hydrogens is 190 g/mol. The number of fused-ring (bicyclic) bond motifs is 1. The minimum atomic E-state index is 0.592. The lowest BCUT2D eigenvalue weighted by atomic mass is 9.98. The topological polar surface area (TPSA) is 60.0 Å². The summed E-state index contributed by atoms with van der Waals surface area (Å²) in [6.45, 7) is 2.64. The Kier molecular flexibility index (Phi) is 3.02. The van der Waals surface area contributed by atoms with Crippen molar-refractivity contribution < 1.29 is 0 Å². The first-order chi connectivity index (χ1) is 7.20. The van der Waals surface area contributed by atoms with Crippen molar-refractivity contribution in [1.29, 1.82) is 0 Å². The second-order valence-corrected chi connectivity index (χ2v) is 4.52. The molecule has 2 rings (SSSR count). The van der Waals surface area contributed by atoms with E-state index in [4.69, 9.17) is 5.73 Å². The van der Waals surface area contributed by atoms with E-state index in [2.05, 4.69) is 19.7 Å². The zero-order chi connectivity index (χ0) is 10.8. The number of aromatic nitrogens is 3. The maximum Gasteiger partial charge on any atom is 0.147 e. The van der Waals surface area contributed by atoms with Gasteiger partial charge in [-0.15, -0.1) is 10.2 Å². The highest BCUT2D eigenvalue weighted by Gasteiger charge is 2.21. The fourth-order valence-corrected chi connectivity index (χ4v) is 2.05. The molecule has 84 valence electrons. The fraction of sp³-hybridized carbons (Fsp3) is 0.800. The first kappa shape index (κ1) is 10.6. The molecule has 0 radical (unpaired) electrons. The molecule has 1 atom stereocenters. The minimum absolute atomic E-state index is 0.592. The molecule has 0 spiro atoms. The van der Waals surface area contributed by atoms with Gasteiger partial charge in [-0.2, -0.15) is 0 Å². The van der Waals surface area contributed by atoms with Crippen molar-refractivity contribution in [2.45, 2.75) is 25.9 Å².